The molecule has 180 valence electrons. The van der Waals surface area contributed by atoms with Crippen molar-refractivity contribution in [3.05, 3.63) is 23.8 Å². The van der Waals surface area contributed by atoms with E-state index in [1.807, 2.05) is 6.07 Å². The highest BCUT2D eigenvalue weighted by Crippen LogP contribution is 2.24. The number of hydrogen-bond donors (Lipinski definition) is 3. The van der Waals surface area contributed by atoms with Crippen molar-refractivity contribution >= 4 is 35.8 Å². The lowest BCUT2D eigenvalue weighted by Gasteiger charge is -2.23. The zero-order valence-corrected chi connectivity index (χ0v) is 21.8. The second-order valence-electron chi connectivity index (χ2n) is 8.41. The number of methoxy groups -OCH3 is 2. The Morgan fingerprint density at radius 1 is 1.03 bits per heavy atom. The summed E-state index contributed by atoms with van der Waals surface area (Å²) < 4.78 is 10.8. The Kier molecular flexibility index (Phi) is 11.4. The van der Waals surface area contributed by atoms with Gasteiger partial charge in [-0.15, -0.1) is 24.0 Å². The van der Waals surface area contributed by atoms with Crippen LogP contribution in [0, 0.1) is 0 Å². The monoisotopic (exact) mass is 559 g/mol. The average Bonchev–Trinajstić information content (AvgIpc) is 3.23. The van der Waals surface area contributed by atoms with Crippen LogP contribution >= 0.6 is 24.0 Å². The maximum Gasteiger partial charge on any atom is 0.239 e. The molecule has 9 heteroatoms. The van der Waals surface area contributed by atoms with Crippen LogP contribution in [0.3, 0.4) is 0 Å². The largest absolute Gasteiger partial charge is 0.497 e. The third kappa shape index (κ3) is 8.31. The summed E-state index contributed by atoms with van der Waals surface area (Å²) in [6.45, 7) is 2.99. The summed E-state index contributed by atoms with van der Waals surface area (Å²) in [5.41, 5.74) is 1.17. The first kappa shape index (κ1) is 26.5. The first-order valence-electron chi connectivity index (χ1n) is 11.3. The van der Waals surface area contributed by atoms with Gasteiger partial charge >= 0.3 is 0 Å². The van der Waals surface area contributed by atoms with Crippen LogP contribution in [0.2, 0.25) is 0 Å². The number of likely N-dealkylation sites (tertiary alicyclic amines) is 1. The highest BCUT2D eigenvalue weighted by molar-refractivity contribution is 14.0. The molecule has 1 aromatic carbocycles. The summed E-state index contributed by atoms with van der Waals surface area (Å²) in [5, 5.41) is 9.74. The molecule has 1 aliphatic heterocycles. The Morgan fingerprint density at radius 3 is 2.34 bits per heavy atom. The maximum atomic E-state index is 12.2. The fraction of sp³-hybridized carbons (Fsp3) is 0.652. The quantitative estimate of drug-likeness (QED) is 0.258. The van der Waals surface area contributed by atoms with E-state index in [-0.39, 0.29) is 36.4 Å². The summed E-state index contributed by atoms with van der Waals surface area (Å²) in [4.78, 5) is 18.9. The zero-order valence-electron chi connectivity index (χ0n) is 19.5. The Morgan fingerprint density at radius 2 is 1.72 bits per heavy atom. The number of benzene rings is 1. The molecule has 1 atom stereocenters. The van der Waals surface area contributed by atoms with Gasteiger partial charge < -0.3 is 25.4 Å². The number of nitrogens with one attached hydrogen (secondary N) is 3. The first-order valence-corrected chi connectivity index (χ1v) is 11.3. The molecule has 1 saturated heterocycles. The van der Waals surface area contributed by atoms with Gasteiger partial charge in [-0.05, 0) is 37.0 Å². The Labute approximate surface area is 208 Å². The molecule has 1 amide bonds. The minimum absolute atomic E-state index is 0. The smallest absolute Gasteiger partial charge is 0.239 e. The third-order valence-electron chi connectivity index (χ3n) is 6.04. The number of halogens is 1. The first-order chi connectivity index (χ1) is 15.1. The predicted molar refractivity (Wildman–Crippen MR) is 138 cm³/mol. The molecule has 1 aromatic rings. The third-order valence-corrected chi connectivity index (χ3v) is 6.04. The van der Waals surface area contributed by atoms with Crippen molar-refractivity contribution in [3.8, 4) is 11.5 Å². The van der Waals surface area contributed by atoms with Crippen molar-refractivity contribution < 1.29 is 14.3 Å². The van der Waals surface area contributed by atoms with Crippen molar-refractivity contribution in [1.82, 2.24) is 20.9 Å². The van der Waals surface area contributed by atoms with Gasteiger partial charge in [-0.1, -0.05) is 19.3 Å². The van der Waals surface area contributed by atoms with Crippen LogP contribution in [0.5, 0.6) is 11.5 Å². The van der Waals surface area contributed by atoms with E-state index in [1.54, 1.807) is 21.3 Å². The van der Waals surface area contributed by atoms with E-state index in [1.165, 1.54) is 24.8 Å². The topological polar surface area (TPSA) is 87.2 Å². The number of nitrogens with zero attached hydrogens (tertiary/aromatic N) is 2. The number of carbonyl (C=O) groups is 1. The van der Waals surface area contributed by atoms with Crippen molar-refractivity contribution in [2.24, 2.45) is 4.99 Å². The average molecular weight is 559 g/mol. The van der Waals surface area contributed by atoms with Gasteiger partial charge in [0.25, 0.3) is 0 Å². The van der Waals surface area contributed by atoms with Gasteiger partial charge in [0.15, 0.2) is 5.96 Å². The SMILES string of the molecule is CN=C(NCC(=O)NC1CCCCC1)NC1CCN(Cc2cc(OC)cc(OC)c2)C1.I. The van der Waals surface area contributed by atoms with Gasteiger partial charge in [-0.3, -0.25) is 14.7 Å². The highest BCUT2D eigenvalue weighted by Gasteiger charge is 2.24. The number of hydrogen-bond acceptors (Lipinski definition) is 5. The molecule has 0 radical (unpaired) electrons. The molecular weight excluding hydrogens is 521 g/mol. The normalized spacial score (nSPS) is 19.7. The van der Waals surface area contributed by atoms with Gasteiger partial charge in [-0.25, -0.2) is 0 Å². The van der Waals surface area contributed by atoms with E-state index < -0.39 is 0 Å². The van der Waals surface area contributed by atoms with Crippen LogP contribution in [0.15, 0.2) is 23.2 Å². The van der Waals surface area contributed by atoms with Gasteiger partial charge in [0.1, 0.15) is 11.5 Å². The van der Waals surface area contributed by atoms with Crippen LogP contribution in [-0.4, -0.2) is 69.8 Å². The van der Waals surface area contributed by atoms with Crippen molar-refractivity contribution in [2.45, 2.75) is 57.2 Å². The van der Waals surface area contributed by atoms with E-state index in [0.29, 0.717) is 18.0 Å². The molecule has 2 fully saturated rings. The maximum absolute atomic E-state index is 12.2. The van der Waals surface area contributed by atoms with Crippen LogP contribution in [0.1, 0.15) is 44.1 Å². The minimum atomic E-state index is 0. The van der Waals surface area contributed by atoms with Crippen LogP contribution < -0.4 is 25.4 Å². The summed E-state index contributed by atoms with van der Waals surface area (Å²) in [5.74, 6) is 2.32. The number of amides is 1. The summed E-state index contributed by atoms with van der Waals surface area (Å²) in [6, 6.07) is 6.61. The zero-order chi connectivity index (χ0) is 22.1. The van der Waals surface area contributed by atoms with Crippen molar-refractivity contribution in [3.63, 3.8) is 0 Å². The van der Waals surface area contributed by atoms with Crippen molar-refractivity contribution in [1.29, 1.82) is 0 Å². The molecule has 0 spiro atoms. The number of carbonyl (C=O) groups excluding carboxylic acids is 1. The Bertz CT molecular complexity index is 733. The molecule has 32 heavy (non-hydrogen) atoms. The highest BCUT2D eigenvalue weighted by atomic mass is 127. The molecule has 1 aliphatic carbocycles. The van der Waals surface area contributed by atoms with Crippen molar-refractivity contribution in [2.75, 3.05) is 40.9 Å². The molecule has 0 aromatic heterocycles. The summed E-state index contributed by atoms with van der Waals surface area (Å²) in [7, 11) is 5.08. The molecule has 3 rings (SSSR count). The second-order valence-corrected chi connectivity index (χ2v) is 8.41. The number of guanidine groups is 1. The Hall–Kier alpha value is -1.75. The molecule has 8 nitrogen and oxygen atoms in total. The van der Waals surface area contributed by atoms with E-state index in [4.69, 9.17) is 9.47 Å². The second kappa shape index (κ2) is 13.7. The fourth-order valence-corrected chi connectivity index (χ4v) is 4.39. The summed E-state index contributed by atoms with van der Waals surface area (Å²) in [6.07, 6.45) is 6.91. The molecular formula is C23H38IN5O3. The van der Waals surface area contributed by atoms with Gasteiger partial charge in [0.05, 0.1) is 20.8 Å². The lowest BCUT2D eigenvalue weighted by atomic mass is 9.95. The molecule has 2 aliphatic rings. The number of rotatable bonds is 8. The van der Waals surface area contributed by atoms with Gasteiger partial charge in [0, 0.05) is 44.8 Å². The van der Waals surface area contributed by atoms with Crippen LogP contribution in [-0.2, 0) is 11.3 Å². The van der Waals surface area contributed by atoms with Gasteiger partial charge in [0.2, 0.25) is 5.91 Å². The van der Waals surface area contributed by atoms with E-state index in [9.17, 15) is 4.79 Å². The molecule has 1 unspecified atom stereocenters. The van der Waals surface area contributed by atoms with E-state index in [2.05, 4.69) is 38.0 Å². The summed E-state index contributed by atoms with van der Waals surface area (Å²) >= 11 is 0. The predicted octanol–water partition coefficient (Wildman–Crippen LogP) is 2.51. The van der Waals surface area contributed by atoms with Gasteiger partial charge in [-0.2, -0.15) is 0 Å². The minimum Gasteiger partial charge on any atom is -0.497 e. The van der Waals surface area contributed by atoms with E-state index in [0.717, 1.165) is 50.4 Å². The lowest BCUT2D eigenvalue weighted by Crippen LogP contribution is -2.49. The standard InChI is InChI=1S/C23H37N5O3.HI/c1-24-23(25-14-22(29)26-18-7-5-4-6-8-18)27-19-9-10-28(16-19)15-17-11-20(30-2)13-21(12-17)31-3;/h11-13,18-19H,4-10,14-16H2,1-3H3,(H,26,29)(H2,24,25,27);1H. The Balaban J connectivity index is 0.00000363. The fourth-order valence-electron chi connectivity index (χ4n) is 4.39. The molecule has 1 saturated carbocycles. The molecule has 1 heterocycles. The van der Waals surface area contributed by atoms with E-state index >= 15 is 0 Å². The number of ether oxygens (including phenoxy) is 2. The molecule has 3 N–H and O–H groups in total. The molecule has 0 bridgehead atoms. The van der Waals surface area contributed by atoms with Crippen LogP contribution in [0.25, 0.3) is 0 Å². The van der Waals surface area contributed by atoms with Crippen LogP contribution in [0.4, 0.5) is 0 Å². The number of aliphatic imine (C=N–C) groups is 1. The lowest BCUT2D eigenvalue weighted by molar-refractivity contribution is -0.120.